The Hall–Kier alpha value is -0.850. The molecule has 138 valence electrons. The van der Waals surface area contributed by atoms with Crippen LogP contribution in [0.15, 0.2) is 4.99 Å². The van der Waals surface area contributed by atoms with E-state index in [9.17, 15) is 0 Å². The molecule has 0 unspecified atom stereocenters. The monoisotopic (exact) mass is 330 g/mol. The zero-order valence-electron chi connectivity index (χ0n) is 16.0. The molecule has 0 aromatic heterocycles. The van der Waals surface area contributed by atoms with Gasteiger partial charge in [0.05, 0.1) is 13.2 Å². The predicted molar refractivity (Wildman–Crippen MR) is 98.3 cm³/mol. The van der Waals surface area contributed by atoms with Crippen LogP contribution in [0.25, 0.3) is 0 Å². The molecule has 0 heterocycles. The van der Waals surface area contributed by atoms with Crippen LogP contribution in [0.2, 0.25) is 0 Å². The highest BCUT2D eigenvalue weighted by atomic mass is 16.5. The van der Waals surface area contributed by atoms with E-state index in [4.69, 9.17) is 9.47 Å². The predicted octanol–water partition coefficient (Wildman–Crippen LogP) is 1.71. The van der Waals surface area contributed by atoms with E-state index in [1.807, 2.05) is 0 Å². The molecule has 0 aromatic rings. The van der Waals surface area contributed by atoms with Crippen molar-refractivity contribution in [3.8, 4) is 0 Å². The van der Waals surface area contributed by atoms with E-state index in [1.54, 1.807) is 14.2 Å². The molecule has 0 spiro atoms. The molecule has 0 saturated carbocycles. The molecule has 0 fully saturated rings. The molecule has 0 aromatic carbocycles. The van der Waals surface area contributed by atoms with Gasteiger partial charge < -0.3 is 20.1 Å². The Balaban J connectivity index is 3.70. The normalized spacial score (nSPS) is 12.5. The fourth-order valence-electron chi connectivity index (χ4n) is 2.43. The number of rotatable bonds is 13. The van der Waals surface area contributed by atoms with E-state index in [2.05, 4.69) is 48.2 Å². The Morgan fingerprint density at radius 3 is 2.09 bits per heavy atom. The van der Waals surface area contributed by atoms with Gasteiger partial charge in [-0.1, -0.05) is 0 Å². The molecule has 0 aliphatic heterocycles. The van der Waals surface area contributed by atoms with Gasteiger partial charge in [-0.2, -0.15) is 0 Å². The van der Waals surface area contributed by atoms with Crippen LogP contribution < -0.4 is 10.6 Å². The molecular weight excluding hydrogens is 292 g/mol. The minimum absolute atomic E-state index is 0.588. The number of methoxy groups -OCH3 is 1. The number of nitrogens with one attached hydrogen (secondary N) is 2. The van der Waals surface area contributed by atoms with Crippen LogP contribution in [0, 0.1) is 0 Å². The van der Waals surface area contributed by atoms with Gasteiger partial charge in [0.1, 0.15) is 0 Å². The number of guanidine groups is 1. The van der Waals surface area contributed by atoms with Crippen molar-refractivity contribution in [2.24, 2.45) is 4.99 Å². The number of ether oxygens (including phenoxy) is 2. The summed E-state index contributed by atoms with van der Waals surface area (Å²) in [5, 5.41) is 6.67. The van der Waals surface area contributed by atoms with Crippen LogP contribution in [-0.4, -0.2) is 76.6 Å². The lowest BCUT2D eigenvalue weighted by Gasteiger charge is -2.30. The SMILES string of the molecule is CN=C(NCCCOCCOC)NCCCN(C(C)C)C(C)C. The highest BCUT2D eigenvalue weighted by Gasteiger charge is 2.12. The Bertz CT molecular complexity index is 288. The van der Waals surface area contributed by atoms with Crippen LogP contribution >= 0.6 is 0 Å². The lowest BCUT2D eigenvalue weighted by atomic mass is 10.2. The van der Waals surface area contributed by atoms with Gasteiger partial charge in [-0.25, -0.2) is 0 Å². The summed E-state index contributed by atoms with van der Waals surface area (Å²) >= 11 is 0. The average molecular weight is 331 g/mol. The van der Waals surface area contributed by atoms with Gasteiger partial charge in [-0.15, -0.1) is 0 Å². The Kier molecular flexibility index (Phi) is 14.2. The molecular formula is C17H38N4O2. The van der Waals surface area contributed by atoms with E-state index in [0.29, 0.717) is 25.3 Å². The summed E-state index contributed by atoms with van der Waals surface area (Å²) in [4.78, 5) is 6.75. The third-order valence-electron chi connectivity index (χ3n) is 3.63. The van der Waals surface area contributed by atoms with E-state index < -0.39 is 0 Å². The molecule has 0 atom stereocenters. The van der Waals surface area contributed by atoms with Gasteiger partial charge in [0.2, 0.25) is 0 Å². The van der Waals surface area contributed by atoms with Crippen molar-refractivity contribution in [2.45, 2.75) is 52.6 Å². The molecule has 6 heteroatoms. The van der Waals surface area contributed by atoms with E-state index >= 15 is 0 Å². The second-order valence-corrected chi connectivity index (χ2v) is 6.16. The Morgan fingerprint density at radius 2 is 1.57 bits per heavy atom. The van der Waals surface area contributed by atoms with Gasteiger partial charge in [0, 0.05) is 52.5 Å². The van der Waals surface area contributed by atoms with Gasteiger partial charge in [-0.3, -0.25) is 9.89 Å². The fraction of sp³-hybridized carbons (Fsp3) is 0.941. The van der Waals surface area contributed by atoms with Crippen molar-refractivity contribution in [1.82, 2.24) is 15.5 Å². The van der Waals surface area contributed by atoms with Gasteiger partial charge in [0.15, 0.2) is 5.96 Å². The molecule has 6 nitrogen and oxygen atoms in total. The zero-order valence-corrected chi connectivity index (χ0v) is 16.0. The summed E-state index contributed by atoms with van der Waals surface area (Å²) in [5.41, 5.74) is 0. The molecule has 2 N–H and O–H groups in total. The summed E-state index contributed by atoms with van der Waals surface area (Å²) in [6, 6.07) is 1.18. The van der Waals surface area contributed by atoms with Crippen LogP contribution in [0.4, 0.5) is 0 Å². The van der Waals surface area contributed by atoms with Crippen LogP contribution in [0.1, 0.15) is 40.5 Å². The summed E-state index contributed by atoms with van der Waals surface area (Å²) in [5.74, 6) is 0.863. The maximum atomic E-state index is 5.43. The molecule has 0 aliphatic carbocycles. The highest BCUT2D eigenvalue weighted by molar-refractivity contribution is 5.79. The maximum absolute atomic E-state index is 5.43. The van der Waals surface area contributed by atoms with Crippen LogP contribution in [0.5, 0.6) is 0 Å². The minimum Gasteiger partial charge on any atom is -0.382 e. The topological polar surface area (TPSA) is 58.1 Å². The number of hydrogen-bond acceptors (Lipinski definition) is 4. The number of aliphatic imine (C=N–C) groups is 1. The largest absolute Gasteiger partial charge is 0.382 e. The van der Waals surface area contributed by atoms with E-state index in [0.717, 1.165) is 45.0 Å². The minimum atomic E-state index is 0.588. The van der Waals surface area contributed by atoms with Crippen LogP contribution in [-0.2, 0) is 9.47 Å². The number of hydrogen-bond donors (Lipinski definition) is 2. The summed E-state index contributed by atoms with van der Waals surface area (Å²) in [6.07, 6.45) is 2.07. The first kappa shape index (κ1) is 22.1. The van der Waals surface area contributed by atoms with Crippen molar-refractivity contribution in [3.63, 3.8) is 0 Å². The van der Waals surface area contributed by atoms with Crippen molar-refractivity contribution in [1.29, 1.82) is 0 Å². The van der Waals surface area contributed by atoms with Gasteiger partial charge >= 0.3 is 0 Å². The summed E-state index contributed by atoms with van der Waals surface area (Å²) in [7, 11) is 3.49. The van der Waals surface area contributed by atoms with Crippen LogP contribution in [0.3, 0.4) is 0 Å². The molecule has 0 amide bonds. The first-order valence-corrected chi connectivity index (χ1v) is 8.79. The fourth-order valence-corrected chi connectivity index (χ4v) is 2.43. The van der Waals surface area contributed by atoms with Crippen molar-refractivity contribution >= 4 is 5.96 Å². The van der Waals surface area contributed by atoms with Crippen molar-refractivity contribution in [3.05, 3.63) is 0 Å². The second-order valence-electron chi connectivity index (χ2n) is 6.16. The third kappa shape index (κ3) is 12.3. The molecule has 0 rings (SSSR count). The smallest absolute Gasteiger partial charge is 0.190 e. The van der Waals surface area contributed by atoms with E-state index in [1.165, 1.54) is 0 Å². The first-order chi connectivity index (χ1) is 11.0. The third-order valence-corrected chi connectivity index (χ3v) is 3.63. The summed E-state index contributed by atoms with van der Waals surface area (Å²) < 4.78 is 10.4. The van der Waals surface area contributed by atoms with Gasteiger partial charge in [-0.05, 0) is 40.5 Å². The lowest BCUT2D eigenvalue weighted by Crippen LogP contribution is -2.41. The average Bonchev–Trinajstić information content (AvgIpc) is 2.50. The zero-order chi connectivity index (χ0) is 17.5. The molecule has 0 aliphatic rings. The maximum Gasteiger partial charge on any atom is 0.190 e. The standard InChI is InChI=1S/C17H38N4O2/c1-15(2)21(16(3)4)11-7-9-19-17(18-5)20-10-8-12-23-14-13-22-6/h15-16H,7-14H2,1-6H3,(H2,18,19,20). The summed E-state index contributed by atoms with van der Waals surface area (Å²) in [6.45, 7) is 14.0. The van der Waals surface area contributed by atoms with Gasteiger partial charge in [0.25, 0.3) is 0 Å². The molecule has 0 saturated heterocycles. The van der Waals surface area contributed by atoms with Crippen molar-refractivity contribution < 1.29 is 9.47 Å². The second kappa shape index (κ2) is 14.7. The number of nitrogens with zero attached hydrogens (tertiary/aromatic N) is 2. The Labute approximate surface area is 143 Å². The molecule has 0 bridgehead atoms. The quantitative estimate of drug-likeness (QED) is 0.306. The van der Waals surface area contributed by atoms with E-state index in [-0.39, 0.29) is 0 Å². The highest BCUT2D eigenvalue weighted by Crippen LogP contribution is 2.05. The lowest BCUT2D eigenvalue weighted by molar-refractivity contribution is 0.0698. The molecule has 0 radical (unpaired) electrons. The van der Waals surface area contributed by atoms with Crippen molar-refractivity contribution in [2.75, 3.05) is 53.6 Å². The Morgan fingerprint density at radius 1 is 0.957 bits per heavy atom. The first-order valence-electron chi connectivity index (χ1n) is 8.79. The molecule has 23 heavy (non-hydrogen) atoms.